The Bertz CT molecular complexity index is 616. The van der Waals surface area contributed by atoms with Gasteiger partial charge in [0.05, 0.1) is 5.39 Å². The van der Waals surface area contributed by atoms with Gasteiger partial charge in [0.15, 0.2) is 0 Å². The Morgan fingerprint density at radius 2 is 2.00 bits per heavy atom. The lowest BCUT2D eigenvalue weighted by molar-refractivity contribution is 0.180. The zero-order chi connectivity index (χ0) is 14.8. The lowest BCUT2D eigenvalue weighted by atomic mass is 10.1. The highest BCUT2D eigenvalue weighted by Gasteiger charge is 2.17. The standard InChI is InChI=1S/C16H24N4S/c1-11(20-7-5-4-6-8-20)9-17-15-14-12(2)13(3)21-16(14)19-10-18-15/h10-11H,4-9H2,1-3H3,(H,17,18,19). The van der Waals surface area contributed by atoms with Gasteiger partial charge in [-0.05, 0) is 52.3 Å². The molecule has 3 heterocycles. The number of aromatic nitrogens is 2. The minimum atomic E-state index is 0.551. The SMILES string of the molecule is Cc1sc2ncnc(NCC(C)N3CCCCC3)c2c1C. The molecule has 0 amide bonds. The molecule has 1 atom stereocenters. The zero-order valence-corrected chi connectivity index (χ0v) is 14.0. The molecule has 1 aliphatic rings. The molecule has 0 saturated carbocycles. The fourth-order valence-corrected chi connectivity index (χ4v) is 4.05. The van der Waals surface area contributed by atoms with E-state index in [4.69, 9.17) is 0 Å². The third-order valence-electron chi connectivity index (χ3n) is 4.54. The van der Waals surface area contributed by atoms with Gasteiger partial charge in [0, 0.05) is 17.5 Å². The van der Waals surface area contributed by atoms with E-state index in [1.165, 1.54) is 48.2 Å². The summed E-state index contributed by atoms with van der Waals surface area (Å²) in [5.74, 6) is 0.991. The number of nitrogens with one attached hydrogen (secondary N) is 1. The Kier molecular flexibility index (Phi) is 4.40. The molecule has 1 unspecified atom stereocenters. The second kappa shape index (κ2) is 6.28. The third kappa shape index (κ3) is 3.04. The quantitative estimate of drug-likeness (QED) is 0.937. The number of hydrogen-bond acceptors (Lipinski definition) is 5. The van der Waals surface area contributed by atoms with Crippen molar-refractivity contribution in [3.8, 4) is 0 Å². The largest absolute Gasteiger partial charge is 0.368 e. The molecule has 0 radical (unpaired) electrons. The summed E-state index contributed by atoms with van der Waals surface area (Å²) in [5.41, 5.74) is 1.31. The highest BCUT2D eigenvalue weighted by atomic mass is 32.1. The summed E-state index contributed by atoms with van der Waals surface area (Å²) in [7, 11) is 0. The van der Waals surface area contributed by atoms with Gasteiger partial charge in [-0.1, -0.05) is 6.42 Å². The molecular formula is C16H24N4S. The zero-order valence-electron chi connectivity index (χ0n) is 13.1. The van der Waals surface area contributed by atoms with Gasteiger partial charge < -0.3 is 5.32 Å². The summed E-state index contributed by atoms with van der Waals surface area (Å²) < 4.78 is 0. The summed E-state index contributed by atoms with van der Waals surface area (Å²) in [5, 5.41) is 4.75. The highest BCUT2D eigenvalue weighted by Crippen LogP contribution is 2.32. The van der Waals surface area contributed by atoms with E-state index in [-0.39, 0.29) is 0 Å². The van der Waals surface area contributed by atoms with E-state index in [0.717, 1.165) is 17.2 Å². The van der Waals surface area contributed by atoms with Crippen molar-refractivity contribution in [2.45, 2.75) is 46.1 Å². The fraction of sp³-hybridized carbons (Fsp3) is 0.625. The maximum Gasteiger partial charge on any atom is 0.138 e. The molecule has 4 nitrogen and oxygen atoms in total. The monoisotopic (exact) mass is 304 g/mol. The van der Waals surface area contributed by atoms with Crippen LogP contribution < -0.4 is 5.32 Å². The Morgan fingerprint density at radius 3 is 2.76 bits per heavy atom. The van der Waals surface area contributed by atoms with Crippen molar-refractivity contribution in [1.29, 1.82) is 0 Å². The number of piperidine rings is 1. The lowest BCUT2D eigenvalue weighted by Gasteiger charge is -2.32. The van der Waals surface area contributed by atoms with Crippen LogP contribution in [0.15, 0.2) is 6.33 Å². The number of aryl methyl sites for hydroxylation is 2. The minimum Gasteiger partial charge on any atom is -0.368 e. The molecule has 21 heavy (non-hydrogen) atoms. The van der Waals surface area contributed by atoms with Crippen LogP contribution in [0.5, 0.6) is 0 Å². The van der Waals surface area contributed by atoms with Crippen LogP contribution >= 0.6 is 11.3 Å². The lowest BCUT2D eigenvalue weighted by Crippen LogP contribution is -2.41. The fourth-order valence-electron chi connectivity index (χ4n) is 3.05. The molecule has 2 aromatic heterocycles. The third-order valence-corrected chi connectivity index (χ3v) is 5.66. The maximum atomic E-state index is 4.46. The molecule has 1 aliphatic heterocycles. The van der Waals surface area contributed by atoms with E-state index < -0.39 is 0 Å². The molecule has 2 aromatic rings. The molecule has 5 heteroatoms. The summed E-state index contributed by atoms with van der Waals surface area (Å²) in [4.78, 5) is 13.9. The number of nitrogens with zero attached hydrogens (tertiary/aromatic N) is 3. The van der Waals surface area contributed by atoms with Crippen molar-refractivity contribution in [3.63, 3.8) is 0 Å². The summed E-state index contributed by atoms with van der Waals surface area (Å²) in [6, 6.07) is 0.551. The van der Waals surface area contributed by atoms with Crippen molar-refractivity contribution in [3.05, 3.63) is 16.8 Å². The van der Waals surface area contributed by atoms with E-state index in [1.54, 1.807) is 17.7 Å². The molecule has 3 rings (SSSR count). The molecule has 0 aliphatic carbocycles. The van der Waals surface area contributed by atoms with Crippen molar-refractivity contribution in [2.24, 2.45) is 0 Å². The Balaban J connectivity index is 1.73. The molecule has 0 aromatic carbocycles. The molecule has 114 valence electrons. The smallest absolute Gasteiger partial charge is 0.138 e. The minimum absolute atomic E-state index is 0.551. The van der Waals surface area contributed by atoms with Crippen LogP contribution in [0.1, 0.15) is 36.6 Å². The van der Waals surface area contributed by atoms with Crippen molar-refractivity contribution in [2.75, 3.05) is 25.0 Å². The number of anilines is 1. The van der Waals surface area contributed by atoms with Crippen LogP contribution in [0.4, 0.5) is 5.82 Å². The van der Waals surface area contributed by atoms with Gasteiger partial charge >= 0.3 is 0 Å². The van der Waals surface area contributed by atoms with E-state index in [9.17, 15) is 0 Å². The molecular weight excluding hydrogens is 280 g/mol. The number of likely N-dealkylation sites (tertiary alicyclic amines) is 1. The van der Waals surface area contributed by atoms with E-state index >= 15 is 0 Å². The second-order valence-corrected chi connectivity index (χ2v) is 7.22. The van der Waals surface area contributed by atoms with Gasteiger partial charge in [0.1, 0.15) is 17.0 Å². The van der Waals surface area contributed by atoms with Crippen LogP contribution in [0.25, 0.3) is 10.2 Å². The van der Waals surface area contributed by atoms with E-state index in [1.807, 2.05) is 0 Å². The van der Waals surface area contributed by atoms with Gasteiger partial charge in [-0.15, -0.1) is 11.3 Å². The van der Waals surface area contributed by atoms with Gasteiger partial charge in [0.25, 0.3) is 0 Å². The van der Waals surface area contributed by atoms with Crippen LogP contribution in [-0.2, 0) is 0 Å². The first-order valence-corrected chi connectivity index (χ1v) is 8.67. The van der Waals surface area contributed by atoms with Gasteiger partial charge in [0.2, 0.25) is 0 Å². The van der Waals surface area contributed by atoms with Crippen LogP contribution in [0.2, 0.25) is 0 Å². The molecule has 1 N–H and O–H groups in total. The van der Waals surface area contributed by atoms with Gasteiger partial charge in [-0.25, -0.2) is 9.97 Å². The normalized spacial score (nSPS) is 18.0. The highest BCUT2D eigenvalue weighted by molar-refractivity contribution is 7.18. The number of hydrogen-bond donors (Lipinski definition) is 1. The summed E-state index contributed by atoms with van der Waals surface area (Å²) in [6.07, 6.45) is 5.73. The molecule has 1 saturated heterocycles. The summed E-state index contributed by atoms with van der Waals surface area (Å²) in [6.45, 7) is 10.0. The molecule has 0 bridgehead atoms. The van der Waals surface area contributed by atoms with Crippen LogP contribution in [0, 0.1) is 13.8 Å². The van der Waals surface area contributed by atoms with Gasteiger partial charge in [-0.2, -0.15) is 0 Å². The Morgan fingerprint density at radius 1 is 1.24 bits per heavy atom. The number of thiophene rings is 1. The van der Waals surface area contributed by atoms with Gasteiger partial charge in [-0.3, -0.25) is 4.90 Å². The van der Waals surface area contributed by atoms with E-state index in [2.05, 4.69) is 41.0 Å². The van der Waals surface area contributed by atoms with Crippen molar-refractivity contribution in [1.82, 2.24) is 14.9 Å². The Hall–Kier alpha value is -1.20. The second-order valence-electron chi connectivity index (χ2n) is 6.01. The Labute approximate surface area is 130 Å². The van der Waals surface area contributed by atoms with Crippen LogP contribution in [-0.4, -0.2) is 40.5 Å². The first-order chi connectivity index (χ1) is 10.2. The molecule has 1 fully saturated rings. The van der Waals surface area contributed by atoms with Crippen molar-refractivity contribution < 1.29 is 0 Å². The average Bonchev–Trinajstić information content (AvgIpc) is 2.81. The number of rotatable bonds is 4. The predicted octanol–water partition coefficient (Wildman–Crippen LogP) is 3.59. The average molecular weight is 304 g/mol. The van der Waals surface area contributed by atoms with E-state index in [0.29, 0.717) is 6.04 Å². The molecule has 0 spiro atoms. The predicted molar refractivity (Wildman–Crippen MR) is 90.3 cm³/mol. The summed E-state index contributed by atoms with van der Waals surface area (Å²) >= 11 is 1.75. The van der Waals surface area contributed by atoms with Crippen molar-refractivity contribution >= 4 is 27.4 Å². The topological polar surface area (TPSA) is 41.1 Å². The first kappa shape index (κ1) is 14.7. The first-order valence-electron chi connectivity index (χ1n) is 7.85. The number of fused-ring (bicyclic) bond motifs is 1. The maximum absolute atomic E-state index is 4.46. The van der Waals surface area contributed by atoms with Crippen LogP contribution in [0.3, 0.4) is 0 Å².